The molecule has 23 heteroatoms. The van der Waals surface area contributed by atoms with Crippen molar-refractivity contribution < 1.29 is 104 Å². The van der Waals surface area contributed by atoms with Crippen molar-refractivity contribution in [1.82, 2.24) is 0 Å². The highest BCUT2D eigenvalue weighted by Crippen LogP contribution is 2.57. The molecule has 0 radical (unpaired) electrons. The molecule has 3 atom stereocenters. The topological polar surface area (TPSA) is 76.0 Å². The molecule has 3 unspecified atom stereocenters. The number of hydrogen-bond acceptors (Lipinski definition) is 4. The number of aliphatic hydroxyl groups is 1. The van der Waals surface area contributed by atoms with Crippen molar-refractivity contribution in [3.8, 4) is 0 Å². The number of rotatable bonds is 9. The van der Waals surface area contributed by atoms with Crippen molar-refractivity contribution in [2.45, 2.75) is 53.9 Å². The summed E-state index contributed by atoms with van der Waals surface area (Å²) in [4.78, 5) is 9.25. The summed E-state index contributed by atoms with van der Waals surface area (Å²) < 4.78 is 250. The van der Waals surface area contributed by atoms with E-state index in [2.05, 4.69) is 16.1 Å². The van der Waals surface area contributed by atoms with Gasteiger partial charge in [-0.15, -0.1) is 0 Å². The lowest BCUT2D eigenvalue weighted by atomic mass is 9.88. The first-order chi connectivity index (χ1) is 18.7. The molecule has 2 N–H and O–H groups in total. The van der Waals surface area contributed by atoms with Crippen LogP contribution in [0.15, 0.2) is 30.9 Å². The SMILES string of the molecule is C=CC(=O)O.COC(F)(C(F)(F)F)C(F)(F)c1cc(C(F)(F)C(O)(F)C(F)(F)F)cc(C(F)(F)C(F)(OC)C(F)(F)F)c1. The summed E-state index contributed by atoms with van der Waals surface area (Å²) in [5.74, 6) is -40.7. The van der Waals surface area contributed by atoms with Crippen LogP contribution in [0.5, 0.6) is 0 Å². The fourth-order valence-corrected chi connectivity index (χ4v) is 2.76. The lowest BCUT2D eigenvalue weighted by Crippen LogP contribution is -2.57. The van der Waals surface area contributed by atoms with Crippen LogP contribution in [-0.4, -0.2) is 66.5 Å². The molecule has 0 spiro atoms. The van der Waals surface area contributed by atoms with Crippen molar-refractivity contribution in [2.75, 3.05) is 14.2 Å². The zero-order chi connectivity index (χ0) is 35.1. The van der Waals surface area contributed by atoms with E-state index in [-0.39, 0.29) is 0 Å². The second kappa shape index (κ2) is 11.9. The van der Waals surface area contributed by atoms with Gasteiger partial charge in [-0.2, -0.15) is 79.0 Å². The standard InChI is InChI=1S/C17H10F18O3.C3H4O2/c1-37-13(25,16(30,31)32)10(20,21)7-3-6(9(18,19)12(24,36)15(27,28)29)4-8(5-7)11(22,23)14(26,38-2)17(33,34)35;1-2-3(4)5/h3-5,36H,1-2H3;2H,1H2,(H,4,5). The minimum absolute atomic E-state index is 0.458. The molecule has 0 fully saturated rings. The summed E-state index contributed by atoms with van der Waals surface area (Å²) in [6, 6.07) is -4.13. The molecule has 5 nitrogen and oxygen atoms in total. The van der Waals surface area contributed by atoms with E-state index in [1.807, 2.05) is 0 Å². The van der Waals surface area contributed by atoms with Gasteiger partial charge in [0.1, 0.15) is 0 Å². The molecule has 250 valence electrons. The van der Waals surface area contributed by atoms with Gasteiger partial charge in [0.2, 0.25) is 0 Å². The number of alkyl halides is 18. The van der Waals surface area contributed by atoms with Gasteiger partial charge < -0.3 is 19.7 Å². The van der Waals surface area contributed by atoms with Gasteiger partial charge in [-0.1, -0.05) is 6.58 Å². The van der Waals surface area contributed by atoms with Gasteiger partial charge in [0.15, 0.2) is 0 Å². The second-order valence-electron chi connectivity index (χ2n) is 7.78. The number of ether oxygens (including phenoxy) is 2. The summed E-state index contributed by atoms with van der Waals surface area (Å²) >= 11 is 0. The fraction of sp³-hybridized carbons (Fsp3) is 0.550. The van der Waals surface area contributed by atoms with Crippen molar-refractivity contribution in [2.24, 2.45) is 0 Å². The Hall–Kier alpha value is -2.95. The van der Waals surface area contributed by atoms with Gasteiger partial charge >= 0.3 is 59.8 Å². The third-order valence-corrected chi connectivity index (χ3v) is 5.09. The molecular weight excluding hydrogens is 662 g/mol. The Morgan fingerprint density at radius 3 is 1.00 bits per heavy atom. The molecule has 0 aliphatic heterocycles. The molecule has 1 rings (SSSR count). The fourth-order valence-electron chi connectivity index (χ4n) is 2.76. The average Bonchev–Trinajstić information content (AvgIpc) is 2.85. The average molecular weight is 676 g/mol. The number of carboxylic acid groups (broad SMARTS) is 1. The molecule has 1 aromatic rings. The molecule has 0 saturated heterocycles. The summed E-state index contributed by atoms with van der Waals surface area (Å²) in [5.41, 5.74) is -9.82. The zero-order valence-electron chi connectivity index (χ0n) is 20.4. The van der Waals surface area contributed by atoms with E-state index in [9.17, 15) is 83.8 Å². The van der Waals surface area contributed by atoms with Gasteiger partial charge in [-0.25, -0.2) is 4.79 Å². The summed E-state index contributed by atoms with van der Waals surface area (Å²) in [7, 11) is -0.916. The van der Waals surface area contributed by atoms with Crippen LogP contribution in [0.4, 0.5) is 79.0 Å². The van der Waals surface area contributed by atoms with Gasteiger partial charge in [-0.05, 0) is 18.2 Å². The van der Waals surface area contributed by atoms with Crippen molar-refractivity contribution >= 4 is 5.97 Å². The lowest BCUT2D eigenvalue weighted by molar-refractivity contribution is -0.400. The Bertz CT molecular complexity index is 1100. The van der Waals surface area contributed by atoms with E-state index < -0.39 is 109 Å². The van der Waals surface area contributed by atoms with Crippen LogP contribution < -0.4 is 0 Å². The summed E-state index contributed by atoms with van der Waals surface area (Å²) in [5, 5.41) is 16.2. The smallest absolute Gasteiger partial charge is 0.455 e. The number of methoxy groups -OCH3 is 2. The number of benzene rings is 1. The number of halogens is 18. The maximum Gasteiger partial charge on any atom is 0.455 e. The first-order valence-corrected chi connectivity index (χ1v) is 9.96. The Morgan fingerprint density at radius 1 is 0.605 bits per heavy atom. The molecule has 0 heterocycles. The molecule has 0 aliphatic rings. The molecule has 43 heavy (non-hydrogen) atoms. The van der Waals surface area contributed by atoms with E-state index in [1.54, 1.807) is 0 Å². The highest BCUT2D eigenvalue weighted by atomic mass is 19.4. The highest BCUT2D eigenvalue weighted by Gasteiger charge is 2.76. The molecule has 0 aliphatic carbocycles. The van der Waals surface area contributed by atoms with Crippen LogP contribution in [0.1, 0.15) is 16.7 Å². The second-order valence-corrected chi connectivity index (χ2v) is 7.78. The summed E-state index contributed by atoms with van der Waals surface area (Å²) in [6.45, 7) is 2.96. The van der Waals surface area contributed by atoms with Crippen LogP contribution in [0.3, 0.4) is 0 Å². The number of aliphatic carboxylic acids is 1. The van der Waals surface area contributed by atoms with Crippen molar-refractivity contribution in [3.63, 3.8) is 0 Å². The van der Waals surface area contributed by atoms with Gasteiger partial charge in [-0.3, -0.25) is 0 Å². The number of hydrogen-bond donors (Lipinski definition) is 2. The predicted octanol–water partition coefficient (Wildman–Crippen LogP) is 7.19. The van der Waals surface area contributed by atoms with Crippen LogP contribution >= 0.6 is 0 Å². The van der Waals surface area contributed by atoms with E-state index in [0.29, 0.717) is 0 Å². The normalized spacial score (nSPS) is 18.0. The largest absolute Gasteiger partial charge is 0.478 e. The van der Waals surface area contributed by atoms with Crippen LogP contribution in [0, 0.1) is 0 Å². The third kappa shape index (κ3) is 6.76. The van der Waals surface area contributed by atoms with Gasteiger partial charge in [0.25, 0.3) is 0 Å². The molecular formula is C20H14F18O5. The quantitative estimate of drug-likeness (QED) is 0.214. The van der Waals surface area contributed by atoms with Crippen molar-refractivity contribution in [1.29, 1.82) is 0 Å². The van der Waals surface area contributed by atoms with E-state index in [0.717, 1.165) is 6.08 Å². The Morgan fingerprint density at radius 2 is 0.837 bits per heavy atom. The maximum atomic E-state index is 14.5. The zero-order valence-corrected chi connectivity index (χ0v) is 20.4. The van der Waals surface area contributed by atoms with Gasteiger partial charge in [0, 0.05) is 37.0 Å². The maximum absolute atomic E-state index is 14.5. The monoisotopic (exact) mass is 676 g/mol. The van der Waals surface area contributed by atoms with Gasteiger partial charge in [0.05, 0.1) is 0 Å². The lowest BCUT2D eigenvalue weighted by Gasteiger charge is -2.37. The van der Waals surface area contributed by atoms with Crippen molar-refractivity contribution in [3.05, 3.63) is 47.5 Å². The first-order valence-electron chi connectivity index (χ1n) is 9.96. The van der Waals surface area contributed by atoms with Crippen LogP contribution in [0.2, 0.25) is 0 Å². The van der Waals surface area contributed by atoms with E-state index in [1.165, 1.54) is 0 Å². The highest BCUT2D eigenvalue weighted by molar-refractivity contribution is 5.78. The number of carbonyl (C=O) groups is 1. The molecule has 0 saturated carbocycles. The molecule has 0 bridgehead atoms. The van der Waals surface area contributed by atoms with E-state index in [4.69, 9.17) is 10.2 Å². The summed E-state index contributed by atoms with van der Waals surface area (Å²) in [6.07, 6.45) is -20.1. The van der Waals surface area contributed by atoms with E-state index >= 15 is 0 Å². The predicted molar refractivity (Wildman–Crippen MR) is 102 cm³/mol. The first kappa shape index (κ1) is 40.1. The third-order valence-electron chi connectivity index (χ3n) is 5.09. The Labute approximate surface area is 226 Å². The minimum atomic E-state index is -7.12. The number of carboxylic acids is 1. The molecule has 0 amide bonds. The molecule has 1 aromatic carbocycles. The van der Waals surface area contributed by atoms with Crippen LogP contribution in [0.25, 0.3) is 0 Å². The Balaban J connectivity index is 0.00000324. The minimum Gasteiger partial charge on any atom is -0.478 e. The van der Waals surface area contributed by atoms with Crippen LogP contribution in [-0.2, 0) is 32.0 Å². The Kier molecular flexibility index (Phi) is 11.0. The molecule has 0 aromatic heterocycles.